The highest BCUT2D eigenvalue weighted by Crippen LogP contribution is 2.19. The molecule has 0 aliphatic heterocycles. The molecule has 1 atom stereocenters. The summed E-state index contributed by atoms with van der Waals surface area (Å²) in [5.74, 6) is 0. The average molecular weight is 293 g/mol. The molecule has 1 aromatic rings. The van der Waals surface area contributed by atoms with E-state index in [-0.39, 0.29) is 0 Å². The molecule has 3 heteroatoms. The van der Waals surface area contributed by atoms with Crippen LogP contribution in [0.3, 0.4) is 0 Å². The van der Waals surface area contributed by atoms with E-state index < -0.39 is 0 Å². The number of unbranched alkanes of at least 4 members (excludes halogenated alkanes) is 8. The molecule has 0 aromatic carbocycles. The van der Waals surface area contributed by atoms with Crippen molar-refractivity contribution in [3.05, 3.63) is 18.0 Å². The minimum absolute atomic E-state index is 0.431. The van der Waals surface area contributed by atoms with Gasteiger partial charge in [0.25, 0.3) is 0 Å². The number of hydrogen-bond donors (Lipinski definition) is 1. The van der Waals surface area contributed by atoms with Crippen molar-refractivity contribution < 1.29 is 0 Å². The SMILES string of the molecule is CCCCCCCCCCCC(NCC)c1ccn(C)n1. The predicted molar refractivity (Wildman–Crippen MR) is 91.5 cm³/mol. The predicted octanol–water partition coefficient (Wildman–Crippen LogP) is 4.99. The molecular weight excluding hydrogens is 258 g/mol. The lowest BCUT2D eigenvalue weighted by Gasteiger charge is -2.15. The van der Waals surface area contributed by atoms with E-state index in [2.05, 4.69) is 30.3 Å². The first-order chi connectivity index (χ1) is 10.3. The number of hydrogen-bond acceptors (Lipinski definition) is 2. The lowest BCUT2D eigenvalue weighted by Crippen LogP contribution is -2.21. The number of rotatable bonds is 13. The molecule has 0 fully saturated rings. The largest absolute Gasteiger partial charge is 0.309 e. The summed E-state index contributed by atoms with van der Waals surface area (Å²) < 4.78 is 1.90. The molecule has 122 valence electrons. The number of nitrogens with zero attached hydrogens (tertiary/aromatic N) is 2. The van der Waals surface area contributed by atoms with Gasteiger partial charge in [-0.05, 0) is 19.0 Å². The summed E-state index contributed by atoms with van der Waals surface area (Å²) in [5.41, 5.74) is 1.19. The summed E-state index contributed by atoms with van der Waals surface area (Å²) in [6, 6.07) is 2.57. The fourth-order valence-corrected chi connectivity index (χ4v) is 2.88. The molecule has 1 aromatic heterocycles. The molecule has 0 saturated carbocycles. The van der Waals surface area contributed by atoms with Crippen molar-refractivity contribution >= 4 is 0 Å². The van der Waals surface area contributed by atoms with Crippen LogP contribution >= 0.6 is 0 Å². The Bertz CT molecular complexity index is 346. The van der Waals surface area contributed by atoms with E-state index >= 15 is 0 Å². The van der Waals surface area contributed by atoms with Crippen molar-refractivity contribution in [1.29, 1.82) is 0 Å². The molecule has 3 nitrogen and oxygen atoms in total. The summed E-state index contributed by atoms with van der Waals surface area (Å²) in [7, 11) is 1.99. The maximum atomic E-state index is 4.54. The van der Waals surface area contributed by atoms with Crippen LogP contribution in [0.5, 0.6) is 0 Å². The van der Waals surface area contributed by atoms with Gasteiger partial charge in [-0.15, -0.1) is 0 Å². The van der Waals surface area contributed by atoms with Crippen molar-refractivity contribution in [3.8, 4) is 0 Å². The van der Waals surface area contributed by atoms with Crippen molar-refractivity contribution in [1.82, 2.24) is 15.1 Å². The topological polar surface area (TPSA) is 29.9 Å². The Morgan fingerprint density at radius 3 is 2.14 bits per heavy atom. The van der Waals surface area contributed by atoms with Gasteiger partial charge in [0.05, 0.1) is 11.7 Å². The second kappa shape index (κ2) is 11.8. The third kappa shape index (κ3) is 8.25. The third-order valence-corrected chi connectivity index (χ3v) is 4.14. The van der Waals surface area contributed by atoms with Crippen molar-refractivity contribution in [2.75, 3.05) is 6.54 Å². The molecule has 1 N–H and O–H groups in total. The molecule has 1 heterocycles. The molecular formula is C18H35N3. The van der Waals surface area contributed by atoms with Crippen LogP contribution in [0.2, 0.25) is 0 Å². The van der Waals surface area contributed by atoms with Gasteiger partial charge in [-0.25, -0.2) is 0 Å². The van der Waals surface area contributed by atoms with E-state index in [0.717, 1.165) is 6.54 Å². The van der Waals surface area contributed by atoms with E-state index in [1.165, 1.54) is 69.9 Å². The molecule has 0 saturated heterocycles. The van der Waals surface area contributed by atoms with Crippen LogP contribution in [0.1, 0.15) is 89.8 Å². The summed E-state index contributed by atoms with van der Waals surface area (Å²) in [6.07, 6.45) is 15.8. The Hall–Kier alpha value is -0.830. The lowest BCUT2D eigenvalue weighted by atomic mass is 10.0. The van der Waals surface area contributed by atoms with Gasteiger partial charge in [-0.1, -0.05) is 71.6 Å². The van der Waals surface area contributed by atoms with Crippen molar-refractivity contribution in [3.63, 3.8) is 0 Å². The van der Waals surface area contributed by atoms with Gasteiger partial charge in [0.1, 0.15) is 0 Å². The van der Waals surface area contributed by atoms with Gasteiger partial charge < -0.3 is 5.32 Å². The summed E-state index contributed by atoms with van der Waals surface area (Å²) in [5, 5.41) is 8.10. The van der Waals surface area contributed by atoms with Gasteiger partial charge in [0.15, 0.2) is 0 Å². The molecule has 0 aliphatic carbocycles. The highest BCUT2D eigenvalue weighted by Gasteiger charge is 2.12. The van der Waals surface area contributed by atoms with E-state index in [1.54, 1.807) is 0 Å². The molecule has 21 heavy (non-hydrogen) atoms. The minimum atomic E-state index is 0.431. The van der Waals surface area contributed by atoms with Crippen LogP contribution in [0.4, 0.5) is 0 Å². The second-order valence-electron chi connectivity index (χ2n) is 6.14. The first-order valence-electron chi connectivity index (χ1n) is 9.00. The van der Waals surface area contributed by atoms with Gasteiger partial charge in [0, 0.05) is 13.2 Å². The average Bonchev–Trinajstić information content (AvgIpc) is 2.91. The van der Waals surface area contributed by atoms with Crippen LogP contribution in [0.25, 0.3) is 0 Å². The monoisotopic (exact) mass is 293 g/mol. The smallest absolute Gasteiger partial charge is 0.0793 e. The fraction of sp³-hybridized carbons (Fsp3) is 0.833. The quantitative estimate of drug-likeness (QED) is 0.519. The zero-order valence-corrected chi connectivity index (χ0v) is 14.4. The molecule has 1 unspecified atom stereocenters. The molecule has 0 spiro atoms. The highest BCUT2D eigenvalue weighted by atomic mass is 15.3. The Kier molecular flexibility index (Phi) is 10.2. The number of nitrogens with one attached hydrogen (secondary N) is 1. The summed E-state index contributed by atoms with van der Waals surface area (Å²) in [6.45, 7) is 5.47. The summed E-state index contributed by atoms with van der Waals surface area (Å²) in [4.78, 5) is 0. The Morgan fingerprint density at radius 2 is 1.62 bits per heavy atom. The third-order valence-electron chi connectivity index (χ3n) is 4.14. The minimum Gasteiger partial charge on any atom is -0.309 e. The highest BCUT2D eigenvalue weighted by molar-refractivity contribution is 5.05. The number of aryl methyl sites for hydroxylation is 1. The maximum Gasteiger partial charge on any atom is 0.0793 e. The Labute approximate surface area is 131 Å². The molecule has 0 radical (unpaired) electrons. The van der Waals surface area contributed by atoms with Crippen molar-refractivity contribution in [2.24, 2.45) is 7.05 Å². The molecule has 1 rings (SSSR count). The zero-order chi connectivity index (χ0) is 15.3. The van der Waals surface area contributed by atoms with Crippen molar-refractivity contribution in [2.45, 2.75) is 84.1 Å². The van der Waals surface area contributed by atoms with Gasteiger partial charge in [0.2, 0.25) is 0 Å². The molecule has 0 bridgehead atoms. The summed E-state index contributed by atoms with van der Waals surface area (Å²) >= 11 is 0. The molecule has 0 amide bonds. The van der Waals surface area contributed by atoms with Gasteiger partial charge in [-0.3, -0.25) is 4.68 Å². The van der Waals surface area contributed by atoms with E-state index in [9.17, 15) is 0 Å². The standard InChI is InChI=1S/C18H35N3/c1-4-6-7-8-9-10-11-12-13-14-17(19-5-2)18-15-16-21(3)20-18/h15-17,19H,4-14H2,1-3H3. The maximum absolute atomic E-state index is 4.54. The first kappa shape index (κ1) is 18.2. The first-order valence-corrected chi connectivity index (χ1v) is 9.00. The number of aromatic nitrogens is 2. The Balaban J connectivity index is 2.08. The van der Waals surface area contributed by atoms with Crippen LogP contribution in [-0.4, -0.2) is 16.3 Å². The zero-order valence-electron chi connectivity index (χ0n) is 14.4. The second-order valence-corrected chi connectivity index (χ2v) is 6.14. The van der Waals surface area contributed by atoms with Crippen LogP contribution in [-0.2, 0) is 7.05 Å². The molecule has 0 aliphatic rings. The van der Waals surface area contributed by atoms with E-state index in [4.69, 9.17) is 0 Å². The lowest BCUT2D eigenvalue weighted by molar-refractivity contribution is 0.462. The Morgan fingerprint density at radius 1 is 1.00 bits per heavy atom. The van der Waals surface area contributed by atoms with Gasteiger partial charge >= 0.3 is 0 Å². The van der Waals surface area contributed by atoms with Crippen LogP contribution < -0.4 is 5.32 Å². The van der Waals surface area contributed by atoms with E-state index in [0.29, 0.717) is 6.04 Å². The van der Waals surface area contributed by atoms with Crippen LogP contribution in [0.15, 0.2) is 12.3 Å². The van der Waals surface area contributed by atoms with Crippen LogP contribution in [0, 0.1) is 0 Å². The van der Waals surface area contributed by atoms with E-state index in [1.807, 2.05) is 17.9 Å². The normalized spacial score (nSPS) is 12.7. The van der Waals surface area contributed by atoms with Gasteiger partial charge in [-0.2, -0.15) is 5.10 Å². The fourth-order valence-electron chi connectivity index (χ4n) is 2.88.